The van der Waals surface area contributed by atoms with Gasteiger partial charge in [-0.2, -0.15) is 0 Å². The Kier molecular flexibility index (Phi) is 5.87. The van der Waals surface area contributed by atoms with E-state index in [0.29, 0.717) is 0 Å². The fraction of sp³-hybridized carbons (Fsp3) is 0.615. The molecule has 2 rings (SSSR count). The normalized spacial score (nSPS) is 23.5. The molecule has 1 aromatic rings. The molecule has 0 aromatic carbocycles. The van der Waals surface area contributed by atoms with E-state index in [0.717, 1.165) is 47.0 Å². The first-order valence-corrected chi connectivity index (χ1v) is 8.85. The SMILES string of the molecule is O=C(O)C1CCCCC1CNCc1cc(Br)c(Br)s1. The minimum atomic E-state index is -0.631. The number of hydrogen-bond acceptors (Lipinski definition) is 3. The number of carboxylic acids is 1. The zero-order valence-corrected chi connectivity index (χ0v) is 14.5. The molecule has 1 fully saturated rings. The molecule has 1 aliphatic rings. The van der Waals surface area contributed by atoms with Crippen LogP contribution in [0.3, 0.4) is 0 Å². The zero-order valence-electron chi connectivity index (χ0n) is 10.5. The molecular weight excluding hydrogens is 394 g/mol. The van der Waals surface area contributed by atoms with E-state index in [1.165, 1.54) is 4.88 Å². The van der Waals surface area contributed by atoms with E-state index >= 15 is 0 Å². The summed E-state index contributed by atoms with van der Waals surface area (Å²) in [5.41, 5.74) is 0. The Morgan fingerprint density at radius 2 is 2.16 bits per heavy atom. The fourth-order valence-electron chi connectivity index (χ4n) is 2.64. The number of aliphatic carboxylic acids is 1. The van der Waals surface area contributed by atoms with Crippen molar-refractivity contribution in [3.05, 3.63) is 19.2 Å². The average molecular weight is 411 g/mol. The van der Waals surface area contributed by atoms with Gasteiger partial charge in [-0.15, -0.1) is 11.3 Å². The molecule has 106 valence electrons. The van der Waals surface area contributed by atoms with Gasteiger partial charge in [0.2, 0.25) is 0 Å². The van der Waals surface area contributed by atoms with E-state index < -0.39 is 5.97 Å². The van der Waals surface area contributed by atoms with Gasteiger partial charge in [0.25, 0.3) is 0 Å². The lowest BCUT2D eigenvalue weighted by Gasteiger charge is -2.28. The first kappa shape index (κ1) is 15.5. The first-order chi connectivity index (χ1) is 9.08. The predicted molar refractivity (Wildman–Crippen MR) is 84.5 cm³/mol. The van der Waals surface area contributed by atoms with Crippen molar-refractivity contribution in [1.29, 1.82) is 0 Å². The maximum atomic E-state index is 11.2. The molecule has 0 aliphatic heterocycles. The molecule has 2 atom stereocenters. The third kappa shape index (κ3) is 4.28. The van der Waals surface area contributed by atoms with Crippen LogP contribution in [0.25, 0.3) is 0 Å². The molecule has 0 radical (unpaired) electrons. The zero-order chi connectivity index (χ0) is 13.8. The summed E-state index contributed by atoms with van der Waals surface area (Å²) < 4.78 is 2.18. The summed E-state index contributed by atoms with van der Waals surface area (Å²) in [6.07, 6.45) is 4.07. The molecule has 0 spiro atoms. The van der Waals surface area contributed by atoms with Gasteiger partial charge in [-0.3, -0.25) is 4.79 Å². The van der Waals surface area contributed by atoms with Crippen molar-refractivity contribution in [2.75, 3.05) is 6.54 Å². The van der Waals surface area contributed by atoms with Gasteiger partial charge in [0, 0.05) is 15.9 Å². The van der Waals surface area contributed by atoms with Crippen LogP contribution in [0.15, 0.2) is 14.3 Å². The largest absolute Gasteiger partial charge is 0.481 e. The number of hydrogen-bond donors (Lipinski definition) is 2. The van der Waals surface area contributed by atoms with Crippen LogP contribution in [-0.2, 0) is 11.3 Å². The lowest BCUT2D eigenvalue weighted by molar-refractivity contribution is -0.144. The standard InChI is InChI=1S/C13H17Br2NO2S/c14-11-5-9(19-12(11)15)7-16-6-8-3-1-2-4-10(8)13(17)18/h5,8,10,16H,1-4,6-7H2,(H,17,18). The van der Waals surface area contributed by atoms with Gasteiger partial charge in [0.1, 0.15) is 0 Å². The Morgan fingerprint density at radius 1 is 1.42 bits per heavy atom. The number of nitrogens with one attached hydrogen (secondary N) is 1. The van der Waals surface area contributed by atoms with E-state index in [2.05, 4.69) is 43.2 Å². The average Bonchev–Trinajstić information content (AvgIpc) is 2.69. The van der Waals surface area contributed by atoms with Crippen LogP contribution < -0.4 is 5.32 Å². The molecule has 1 heterocycles. The summed E-state index contributed by atoms with van der Waals surface area (Å²) >= 11 is 8.65. The molecular formula is C13H17Br2NO2S. The maximum Gasteiger partial charge on any atom is 0.306 e. The summed E-state index contributed by atoms with van der Waals surface area (Å²) in [5.74, 6) is -0.519. The molecule has 1 aliphatic carbocycles. The minimum absolute atomic E-state index is 0.164. The highest BCUT2D eigenvalue weighted by atomic mass is 79.9. The van der Waals surface area contributed by atoms with Crippen molar-refractivity contribution in [1.82, 2.24) is 5.32 Å². The first-order valence-electron chi connectivity index (χ1n) is 6.45. The van der Waals surface area contributed by atoms with Crippen molar-refractivity contribution in [3.63, 3.8) is 0 Å². The van der Waals surface area contributed by atoms with Crippen LogP contribution >= 0.6 is 43.2 Å². The van der Waals surface area contributed by atoms with Crippen LogP contribution in [0.1, 0.15) is 30.6 Å². The lowest BCUT2D eigenvalue weighted by Crippen LogP contribution is -2.34. The van der Waals surface area contributed by atoms with Gasteiger partial charge in [0.05, 0.1) is 9.70 Å². The topological polar surface area (TPSA) is 49.3 Å². The van der Waals surface area contributed by atoms with Gasteiger partial charge in [-0.25, -0.2) is 0 Å². The van der Waals surface area contributed by atoms with Gasteiger partial charge in [-0.1, -0.05) is 12.8 Å². The third-order valence-electron chi connectivity index (χ3n) is 3.63. The highest BCUT2D eigenvalue weighted by Gasteiger charge is 2.30. The smallest absolute Gasteiger partial charge is 0.306 e. The summed E-state index contributed by atoms with van der Waals surface area (Å²) in [6.45, 7) is 1.60. The van der Waals surface area contributed by atoms with Gasteiger partial charge < -0.3 is 10.4 Å². The number of rotatable bonds is 5. The molecule has 2 unspecified atom stereocenters. The number of carbonyl (C=O) groups is 1. The predicted octanol–water partition coefficient (Wildman–Crippen LogP) is 4.25. The van der Waals surface area contributed by atoms with Crippen LogP contribution in [0, 0.1) is 11.8 Å². The third-order valence-corrected chi connectivity index (χ3v) is 6.88. The van der Waals surface area contributed by atoms with E-state index in [9.17, 15) is 9.90 Å². The molecule has 3 nitrogen and oxygen atoms in total. The molecule has 0 amide bonds. The second kappa shape index (κ2) is 7.20. The summed E-state index contributed by atoms with van der Waals surface area (Å²) in [7, 11) is 0. The van der Waals surface area contributed by atoms with Crippen molar-refractivity contribution in [3.8, 4) is 0 Å². The van der Waals surface area contributed by atoms with E-state index in [1.54, 1.807) is 11.3 Å². The number of thiophene rings is 1. The Hall–Kier alpha value is 0.0900. The molecule has 0 saturated heterocycles. The molecule has 19 heavy (non-hydrogen) atoms. The fourth-order valence-corrected chi connectivity index (χ4v) is 4.78. The highest BCUT2D eigenvalue weighted by molar-refractivity contribution is 9.13. The highest BCUT2D eigenvalue weighted by Crippen LogP contribution is 2.33. The Bertz CT molecular complexity index is 430. The quantitative estimate of drug-likeness (QED) is 0.762. The van der Waals surface area contributed by atoms with Crippen LogP contribution in [0.2, 0.25) is 0 Å². The van der Waals surface area contributed by atoms with Gasteiger partial charge >= 0.3 is 5.97 Å². The van der Waals surface area contributed by atoms with Gasteiger partial charge in [-0.05, 0) is 63.2 Å². The number of halogens is 2. The summed E-state index contributed by atoms with van der Waals surface area (Å²) in [6, 6.07) is 2.09. The molecule has 2 N–H and O–H groups in total. The van der Waals surface area contributed by atoms with Crippen LogP contribution in [-0.4, -0.2) is 17.6 Å². The Morgan fingerprint density at radius 3 is 2.79 bits per heavy atom. The van der Waals surface area contributed by atoms with Crippen molar-refractivity contribution in [2.24, 2.45) is 11.8 Å². The maximum absolute atomic E-state index is 11.2. The van der Waals surface area contributed by atoms with Crippen LogP contribution in [0.4, 0.5) is 0 Å². The molecule has 6 heteroatoms. The van der Waals surface area contributed by atoms with Crippen molar-refractivity contribution in [2.45, 2.75) is 32.2 Å². The van der Waals surface area contributed by atoms with Gasteiger partial charge in [0.15, 0.2) is 0 Å². The second-order valence-corrected chi connectivity index (χ2v) is 8.26. The van der Waals surface area contributed by atoms with Crippen molar-refractivity contribution < 1.29 is 9.90 Å². The van der Waals surface area contributed by atoms with Crippen LogP contribution in [0.5, 0.6) is 0 Å². The summed E-state index contributed by atoms with van der Waals surface area (Å²) in [4.78, 5) is 12.5. The summed E-state index contributed by atoms with van der Waals surface area (Å²) in [5, 5.41) is 12.6. The minimum Gasteiger partial charge on any atom is -0.481 e. The van der Waals surface area contributed by atoms with E-state index in [-0.39, 0.29) is 11.8 Å². The Labute approximate surface area is 134 Å². The Balaban J connectivity index is 1.82. The number of carboxylic acid groups (broad SMARTS) is 1. The van der Waals surface area contributed by atoms with E-state index in [1.807, 2.05) is 0 Å². The van der Waals surface area contributed by atoms with Crippen molar-refractivity contribution >= 4 is 49.2 Å². The molecule has 1 saturated carbocycles. The molecule has 0 bridgehead atoms. The second-order valence-electron chi connectivity index (χ2n) is 4.95. The lowest BCUT2D eigenvalue weighted by atomic mass is 9.79. The van der Waals surface area contributed by atoms with E-state index in [4.69, 9.17) is 0 Å². The molecule has 1 aromatic heterocycles. The monoisotopic (exact) mass is 409 g/mol.